The third-order valence-electron chi connectivity index (χ3n) is 2.98. The van der Waals surface area contributed by atoms with Crippen LogP contribution in [0.25, 0.3) is 0 Å². The highest BCUT2D eigenvalue weighted by molar-refractivity contribution is 5.87. The number of carbonyl (C=O) groups excluding carboxylic acids is 1. The van der Waals surface area contributed by atoms with Crippen molar-refractivity contribution in [3.63, 3.8) is 0 Å². The molecule has 1 amide bonds. The Labute approximate surface area is 101 Å². The van der Waals surface area contributed by atoms with Gasteiger partial charge in [-0.3, -0.25) is 4.79 Å². The minimum Gasteiger partial charge on any atom is -0.376 e. The Bertz CT molecular complexity index is 382. The number of hydrogen-bond acceptors (Lipinski definition) is 2. The lowest BCUT2D eigenvalue weighted by atomic mass is 9.99. The number of hydrogen-bond donors (Lipinski definition) is 1. The van der Waals surface area contributed by atoms with Crippen LogP contribution in [0.1, 0.15) is 24.4 Å². The molecule has 0 saturated carbocycles. The summed E-state index contributed by atoms with van der Waals surface area (Å²) in [7, 11) is 0. The average molecular weight is 231 g/mol. The van der Waals surface area contributed by atoms with Gasteiger partial charge in [-0.15, -0.1) is 0 Å². The molecule has 0 aromatic heterocycles. The maximum Gasteiger partial charge on any atom is 0.243 e. The Morgan fingerprint density at radius 3 is 2.82 bits per heavy atom. The number of nitrogens with one attached hydrogen (secondary N) is 1. The van der Waals surface area contributed by atoms with Gasteiger partial charge in [0.15, 0.2) is 0 Å². The molecular formula is C14H17NO2. The first-order valence-electron chi connectivity index (χ1n) is 5.91. The minimum absolute atomic E-state index is 0.0706. The summed E-state index contributed by atoms with van der Waals surface area (Å²) in [6.45, 7) is 4.26. The highest BCUT2D eigenvalue weighted by Gasteiger charge is 2.27. The van der Waals surface area contributed by atoms with Gasteiger partial charge in [0.25, 0.3) is 0 Å². The van der Waals surface area contributed by atoms with Crippen molar-refractivity contribution in [1.82, 2.24) is 5.32 Å². The van der Waals surface area contributed by atoms with Crippen LogP contribution >= 0.6 is 0 Å². The van der Waals surface area contributed by atoms with Gasteiger partial charge in [0.05, 0.1) is 12.1 Å². The number of carbonyl (C=O) groups is 1. The predicted molar refractivity (Wildman–Crippen MR) is 66.5 cm³/mol. The van der Waals surface area contributed by atoms with Gasteiger partial charge in [0.2, 0.25) is 5.91 Å². The summed E-state index contributed by atoms with van der Waals surface area (Å²) < 4.78 is 5.67. The quantitative estimate of drug-likeness (QED) is 0.807. The SMILES string of the molecule is C=CC(=O)NC(c1ccccc1)C1CCCO1. The second kappa shape index (κ2) is 5.64. The molecule has 2 atom stereocenters. The van der Waals surface area contributed by atoms with E-state index >= 15 is 0 Å². The zero-order valence-corrected chi connectivity index (χ0v) is 9.76. The molecule has 90 valence electrons. The molecule has 2 unspecified atom stereocenters. The van der Waals surface area contributed by atoms with Crippen LogP contribution in [0.2, 0.25) is 0 Å². The molecule has 0 aliphatic carbocycles. The molecule has 0 bridgehead atoms. The first kappa shape index (κ1) is 11.9. The molecule has 17 heavy (non-hydrogen) atoms. The maximum atomic E-state index is 11.5. The molecule has 3 nitrogen and oxygen atoms in total. The van der Waals surface area contributed by atoms with Crippen LogP contribution in [0.4, 0.5) is 0 Å². The summed E-state index contributed by atoms with van der Waals surface area (Å²) in [4.78, 5) is 11.5. The zero-order valence-electron chi connectivity index (χ0n) is 9.76. The van der Waals surface area contributed by atoms with Crippen LogP contribution in [0, 0.1) is 0 Å². The van der Waals surface area contributed by atoms with E-state index < -0.39 is 0 Å². The second-order valence-electron chi connectivity index (χ2n) is 4.15. The Morgan fingerprint density at radius 1 is 1.47 bits per heavy atom. The third kappa shape index (κ3) is 2.94. The molecule has 1 aromatic carbocycles. The summed E-state index contributed by atoms with van der Waals surface area (Å²) in [5.41, 5.74) is 1.08. The molecule has 1 heterocycles. The van der Waals surface area contributed by atoms with Gasteiger partial charge >= 0.3 is 0 Å². The van der Waals surface area contributed by atoms with Crippen LogP contribution in [-0.2, 0) is 9.53 Å². The van der Waals surface area contributed by atoms with Gasteiger partial charge in [-0.1, -0.05) is 36.9 Å². The van der Waals surface area contributed by atoms with E-state index in [0.717, 1.165) is 25.0 Å². The van der Waals surface area contributed by atoms with Gasteiger partial charge in [-0.25, -0.2) is 0 Å². The smallest absolute Gasteiger partial charge is 0.243 e. The van der Waals surface area contributed by atoms with E-state index in [4.69, 9.17) is 4.74 Å². The van der Waals surface area contributed by atoms with E-state index in [1.807, 2.05) is 30.3 Å². The highest BCUT2D eigenvalue weighted by atomic mass is 16.5. The number of benzene rings is 1. The van der Waals surface area contributed by atoms with Crippen LogP contribution in [0.15, 0.2) is 43.0 Å². The summed E-state index contributed by atoms with van der Waals surface area (Å²) >= 11 is 0. The molecule has 3 heteroatoms. The van der Waals surface area contributed by atoms with Gasteiger partial charge in [-0.05, 0) is 24.5 Å². The highest BCUT2D eigenvalue weighted by Crippen LogP contribution is 2.26. The van der Waals surface area contributed by atoms with Crippen LogP contribution in [-0.4, -0.2) is 18.6 Å². The molecule has 1 N–H and O–H groups in total. The molecule has 2 rings (SSSR count). The van der Waals surface area contributed by atoms with E-state index in [-0.39, 0.29) is 18.1 Å². The van der Waals surface area contributed by atoms with Crippen molar-refractivity contribution < 1.29 is 9.53 Å². The van der Waals surface area contributed by atoms with Gasteiger partial charge < -0.3 is 10.1 Å². The van der Waals surface area contributed by atoms with Crippen molar-refractivity contribution in [2.24, 2.45) is 0 Å². The Kier molecular flexibility index (Phi) is 3.94. The van der Waals surface area contributed by atoms with Gasteiger partial charge in [0, 0.05) is 6.61 Å². The minimum atomic E-state index is -0.158. The molecule has 0 radical (unpaired) electrons. The molecule has 1 aliphatic heterocycles. The van der Waals surface area contributed by atoms with Crippen molar-refractivity contribution in [1.29, 1.82) is 0 Å². The number of ether oxygens (including phenoxy) is 1. The summed E-state index contributed by atoms with van der Waals surface area (Å²) in [5, 5.41) is 2.94. The normalized spacial score (nSPS) is 20.8. The standard InChI is InChI=1S/C14H17NO2/c1-2-13(16)15-14(12-9-6-10-17-12)11-7-4-3-5-8-11/h2-5,7-8,12,14H,1,6,9-10H2,(H,15,16). The topological polar surface area (TPSA) is 38.3 Å². The Hall–Kier alpha value is -1.61. The van der Waals surface area contributed by atoms with Crippen molar-refractivity contribution in [3.05, 3.63) is 48.6 Å². The van der Waals surface area contributed by atoms with Gasteiger partial charge in [-0.2, -0.15) is 0 Å². The average Bonchev–Trinajstić information content (AvgIpc) is 2.90. The molecule has 1 fully saturated rings. The molecule has 1 saturated heterocycles. The third-order valence-corrected chi connectivity index (χ3v) is 2.98. The molecular weight excluding hydrogens is 214 g/mol. The summed E-state index contributed by atoms with van der Waals surface area (Å²) in [6, 6.07) is 9.84. The van der Waals surface area contributed by atoms with Gasteiger partial charge in [0.1, 0.15) is 0 Å². The molecule has 0 spiro atoms. The Balaban J connectivity index is 2.17. The first-order valence-corrected chi connectivity index (χ1v) is 5.91. The van der Waals surface area contributed by atoms with Crippen LogP contribution < -0.4 is 5.32 Å². The van der Waals surface area contributed by atoms with Crippen LogP contribution in [0.5, 0.6) is 0 Å². The molecule has 1 aromatic rings. The van der Waals surface area contributed by atoms with E-state index in [9.17, 15) is 4.79 Å². The largest absolute Gasteiger partial charge is 0.376 e. The van der Waals surface area contributed by atoms with E-state index in [2.05, 4.69) is 11.9 Å². The van der Waals surface area contributed by atoms with E-state index in [0.29, 0.717) is 0 Å². The van der Waals surface area contributed by atoms with Crippen molar-refractivity contribution in [3.8, 4) is 0 Å². The second-order valence-corrected chi connectivity index (χ2v) is 4.15. The summed E-state index contributed by atoms with van der Waals surface area (Å²) in [5.74, 6) is -0.158. The fourth-order valence-electron chi connectivity index (χ4n) is 2.13. The fourth-order valence-corrected chi connectivity index (χ4v) is 2.13. The zero-order chi connectivity index (χ0) is 12.1. The lowest BCUT2D eigenvalue weighted by molar-refractivity contribution is -0.118. The number of amides is 1. The molecule has 1 aliphatic rings. The Morgan fingerprint density at radius 2 is 2.24 bits per heavy atom. The maximum absolute atomic E-state index is 11.5. The van der Waals surface area contributed by atoms with Crippen LogP contribution in [0.3, 0.4) is 0 Å². The van der Waals surface area contributed by atoms with E-state index in [1.165, 1.54) is 6.08 Å². The fraction of sp³-hybridized carbons (Fsp3) is 0.357. The van der Waals surface area contributed by atoms with E-state index in [1.54, 1.807) is 0 Å². The lowest BCUT2D eigenvalue weighted by Crippen LogP contribution is -2.35. The van der Waals surface area contributed by atoms with Crippen molar-refractivity contribution >= 4 is 5.91 Å². The van der Waals surface area contributed by atoms with Crippen molar-refractivity contribution in [2.75, 3.05) is 6.61 Å². The lowest BCUT2D eigenvalue weighted by Gasteiger charge is -2.24. The summed E-state index contributed by atoms with van der Waals surface area (Å²) in [6.07, 6.45) is 3.40. The monoisotopic (exact) mass is 231 g/mol. The number of rotatable bonds is 4. The van der Waals surface area contributed by atoms with Crippen molar-refractivity contribution in [2.45, 2.75) is 25.0 Å². The first-order chi connectivity index (χ1) is 8.31. The predicted octanol–water partition coefficient (Wildman–Crippen LogP) is 2.21.